The number of nitrogens with zero attached hydrogens (tertiary/aromatic N) is 1. The van der Waals surface area contributed by atoms with E-state index in [9.17, 15) is 14.7 Å². The molecule has 0 fully saturated rings. The van der Waals surface area contributed by atoms with Crippen molar-refractivity contribution < 1.29 is 14.7 Å². The second-order valence-electron chi connectivity index (χ2n) is 6.67. The van der Waals surface area contributed by atoms with Crippen molar-refractivity contribution in [2.45, 2.75) is 20.0 Å². The van der Waals surface area contributed by atoms with Crippen molar-refractivity contribution in [3.8, 4) is 0 Å². The first-order valence-corrected chi connectivity index (χ1v) is 8.75. The zero-order chi connectivity index (χ0) is 19.6. The topological polar surface area (TPSA) is 83.4 Å². The van der Waals surface area contributed by atoms with Crippen LogP contribution in [-0.4, -0.2) is 28.0 Å². The van der Waals surface area contributed by atoms with Crippen LogP contribution in [0.15, 0.2) is 48.7 Å². The molecule has 0 aliphatic heterocycles. The van der Waals surface area contributed by atoms with E-state index in [4.69, 9.17) is 0 Å². The predicted molar refractivity (Wildman–Crippen MR) is 105 cm³/mol. The molecule has 0 spiro atoms. The van der Waals surface area contributed by atoms with Gasteiger partial charge in [0.1, 0.15) is 0 Å². The standard InChI is InChI=1S/C21H23N3O3/c1-13-5-4-6-17(14(13)2)23-21(27)20(26)22-12-19(25)16-7-8-18-15(11-16)9-10-24(18)3/h4-11,19,25H,12H2,1-3H3,(H,22,26)(H,23,27)/t19-/m0/s1. The summed E-state index contributed by atoms with van der Waals surface area (Å²) in [7, 11) is 1.95. The Hall–Kier alpha value is -3.12. The van der Waals surface area contributed by atoms with Gasteiger partial charge in [-0.05, 0) is 60.2 Å². The molecule has 140 valence electrons. The van der Waals surface area contributed by atoms with E-state index in [0.717, 1.165) is 22.0 Å². The molecule has 1 atom stereocenters. The number of anilines is 1. The van der Waals surface area contributed by atoms with Crippen molar-refractivity contribution >= 4 is 28.4 Å². The molecule has 0 unspecified atom stereocenters. The minimum absolute atomic E-state index is 0.0443. The zero-order valence-corrected chi connectivity index (χ0v) is 15.6. The van der Waals surface area contributed by atoms with Gasteiger partial charge >= 0.3 is 11.8 Å². The first kappa shape index (κ1) is 18.7. The van der Waals surface area contributed by atoms with Crippen molar-refractivity contribution in [2.75, 3.05) is 11.9 Å². The monoisotopic (exact) mass is 365 g/mol. The minimum Gasteiger partial charge on any atom is -0.387 e. The van der Waals surface area contributed by atoms with Crippen LogP contribution in [-0.2, 0) is 16.6 Å². The lowest BCUT2D eigenvalue weighted by molar-refractivity contribution is -0.136. The number of fused-ring (bicyclic) bond motifs is 1. The van der Waals surface area contributed by atoms with Crippen LogP contribution in [0.2, 0.25) is 0 Å². The smallest absolute Gasteiger partial charge is 0.313 e. The molecule has 3 N–H and O–H groups in total. The van der Waals surface area contributed by atoms with Gasteiger partial charge in [-0.3, -0.25) is 9.59 Å². The number of carbonyl (C=O) groups is 2. The SMILES string of the molecule is Cc1cccc(NC(=O)C(=O)NC[C@H](O)c2ccc3c(ccn3C)c2)c1C. The van der Waals surface area contributed by atoms with E-state index in [2.05, 4.69) is 10.6 Å². The summed E-state index contributed by atoms with van der Waals surface area (Å²) in [5.41, 5.74) is 4.28. The Labute approximate surface area is 157 Å². The van der Waals surface area contributed by atoms with Gasteiger partial charge in [0.15, 0.2) is 0 Å². The molecule has 2 amide bonds. The summed E-state index contributed by atoms with van der Waals surface area (Å²) in [6.45, 7) is 3.77. The molecule has 0 bridgehead atoms. The predicted octanol–water partition coefficient (Wildman–Crippen LogP) is 2.58. The van der Waals surface area contributed by atoms with Gasteiger partial charge in [0.25, 0.3) is 0 Å². The summed E-state index contributed by atoms with van der Waals surface area (Å²) < 4.78 is 1.99. The average Bonchev–Trinajstić information content (AvgIpc) is 3.03. The van der Waals surface area contributed by atoms with Gasteiger partial charge in [0, 0.05) is 31.0 Å². The maximum absolute atomic E-state index is 12.1. The summed E-state index contributed by atoms with van der Waals surface area (Å²) in [6.07, 6.45) is 1.05. The number of aromatic nitrogens is 1. The van der Waals surface area contributed by atoms with Crippen LogP contribution >= 0.6 is 0 Å². The quantitative estimate of drug-likeness (QED) is 0.622. The highest BCUT2D eigenvalue weighted by Crippen LogP contribution is 2.21. The number of nitrogens with one attached hydrogen (secondary N) is 2. The zero-order valence-electron chi connectivity index (χ0n) is 15.6. The van der Waals surface area contributed by atoms with Gasteiger partial charge in [-0.2, -0.15) is 0 Å². The number of carbonyl (C=O) groups excluding carboxylic acids is 2. The van der Waals surface area contributed by atoms with Crippen LogP contribution < -0.4 is 10.6 Å². The van der Waals surface area contributed by atoms with E-state index in [1.165, 1.54) is 0 Å². The van der Waals surface area contributed by atoms with Crippen LogP contribution in [0.3, 0.4) is 0 Å². The first-order chi connectivity index (χ1) is 12.9. The van der Waals surface area contributed by atoms with E-state index < -0.39 is 17.9 Å². The van der Waals surface area contributed by atoms with Crippen LogP contribution in [0.1, 0.15) is 22.8 Å². The molecular weight excluding hydrogens is 342 g/mol. The summed E-state index contributed by atoms with van der Waals surface area (Å²) >= 11 is 0. The Morgan fingerprint density at radius 2 is 1.89 bits per heavy atom. The Morgan fingerprint density at radius 1 is 1.11 bits per heavy atom. The Bertz CT molecular complexity index is 1010. The lowest BCUT2D eigenvalue weighted by Gasteiger charge is -2.13. The van der Waals surface area contributed by atoms with Gasteiger partial charge in [0.2, 0.25) is 0 Å². The van der Waals surface area contributed by atoms with E-state index >= 15 is 0 Å². The van der Waals surface area contributed by atoms with E-state index in [0.29, 0.717) is 11.3 Å². The molecule has 27 heavy (non-hydrogen) atoms. The third-order valence-electron chi connectivity index (χ3n) is 4.81. The Kier molecular flexibility index (Phi) is 5.28. The van der Waals surface area contributed by atoms with Crippen molar-refractivity contribution in [1.29, 1.82) is 0 Å². The number of amides is 2. The largest absolute Gasteiger partial charge is 0.387 e. The van der Waals surface area contributed by atoms with Gasteiger partial charge in [-0.15, -0.1) is 0 Å². The van der Waals surface area contributed by atoms with Crippen molar-refractivity contribution in [1.82, 2.24) is 9.88 Å². The lowest BCUT2D eigenvalue weighted by atomic mass is 10.1. The Balaban J connectivity index is 1.60. The second-order valence-corrected chi connectivity index (χ2v) is 6.67. The molecule has 3 aromatic rings. The molecule has 6 heteroatoms. The van der Waals surface area contributed by atoms with E-state index in [1.54, 1.807) is 6.07 Å². The fraction of sp³-hybridized carbons (Fsp3) is 0.238. The van der Waals surface area contributed by atoms with Crippen molar-refractivity contribution in [2.24, 2.45) is 7.05 Å². The third kappa shape index (κ3) is 4.01. The molecule has 0 saturated carbocycles. The highest BCUT2D eigenvalue weighted by atomic mass is 16.3. The summed E-state index contributed by atoms with van der Waals surface area (Å²) in [6, 6.07) is 13.1. The number of hydrogen-bond donors (Lipinski definition) is 3. The molecule has 1 aromatic heterocycles. The number of aliphatic hydroxyl groups is 1. The lowest BCUT2D eigenvalue weighted by Crippen LogP contribution is -2.37. The van der Waals surface area contributed by atoms with Crippen molar-refractivity contribution in [3.63, 3.8) is 0 Å². The highest BCUT2D eigenvalue weighted by molar-refractivity contribution is 6.39. The maximum atomic E-state index is 12.1. The molecule has 0 aliphatic carbocycles. The number of hydrogen-bond acceptors (Lipinski definition) is 3. The van der Waals surface area contributed by atoms with Crippen LogP contribution in [0.5, 0.6) is 0 Å². The third-order valence-corrected chi connectivity index (χ3v) is 4.81. The second kappa shape index (κ2) is 7.63. The number of benzene rings is 2. The van der Waals surface area contributed by atoms with Gasteiger partial charge in [0.05, 0.1) is 6.10 Å². The fourth-order valence-electron chi connectivity index (χ4n) is 2.96. The minimum atomic E-state index is -0.896. The number of aryl methyl sites for hydroxylation is 2. The van der Waals surface area contributed by atoms with Crippen LogP contribution in [0, 0.1) is 13.8 Å². The average molecular weight is 365 g/mol. The molecule has 2 aromatic carbocycles. The molecule has 0 saturated heterocycles. The molecule has 3 rings (SSSR count). The van der Waals surface area contributed by atoms with Gasteiger partial charge < -0.3 is 20.3 Å². The molecule has 6 nitrogen and oxygen atoms in total. The number of aliphatic hydroxyl groups excluding tert-OH is 1. The summed E-state index contributed by atoms with van der Waals surface area (Å²) in [4.78, 5) is 24.2. The van der Waals surface area contributed by atoms with Crippen LogP contribution in [0.25, 0.3) is 10.9 Å². The van der Waals surface area contributed by atoms with Crippen LogP contribution in [0.4, 0.5) is 5.69 Å². The normalized spacial score (nSPS) is 12.0. The first-order valence-electron chi connectivity index (χ1n) is 8.75. The van der Waals surface area contributed by atoms with E-state index in [-0.39, 0.29) is 6.54 Å². The summed E-state index contributed by atoms with van der Waals surface area (Å²) in [5, 5.41) is 16.4. The molecule has 1 heterocycles. The molecule has 0 aliphatic rings. The van der Waals surface area contributed by atoms with Gasteiger partial charge in [-0.1, -0.05) is 18.2 Å². The maximum Gasteiger partial charge on any atom is 0.313 e. The molecular formula is C21H23N3O3. The molecule has 0 radical (unpaired) electrons. The number of rotatable bonds is 4. The summed E-state index contributed by atoms with van der Waals surface area (Å²) in [5.74, 6) is -1.54. The fourth-order valence-corrected chi connectivity index (χ4v) is 2.96. The van der Waals surface area contributed by atoms with E-state index in [1.807, 2.05) is 68.1 Å². The van der Waals surface area contributed by atoms with Gasteiger partial charge in [-0.25, -0.2) is 0 Å². The van der Waals surface area contributed by atoms with Crippen molar-refractivity contribution in [3.05, 3.63) is 65.4 Å². The highest BCUT2D eigenvalue weighted by Gasteiger charge is 2.17. The Morgan fingerprint density at radius 3 is 2.67 bits per heavy atom.